The number of nitrogens with zero attached hydrogens (tertiary/aromatic N) is 2. The molecular weight excluding hydrogens is 418 g/mol. The van der Waals surface area contributed by atoms with Crippen LogP contribution in [0.15, 0.2) is 36.7 Å². The number of hydrogen-bond acceptors (Lipinski definition) is 4. The Kier molecular flexibility index (Phi) is 6.96. The number of benzene rings is 1. The van der Waals surface area contributed by atoms with Gasteiger partial charge in [-0.25, -0.2) is 0 Å². The second-order valence-electron chi connectivity index (χ2n) is 9.42. The van der Waals surface area contributed by atoms with Crippen LogP contribution in [0.5, 0.6) is 11.5 Å². The number of rotatable bonds is 7. The maximum atomic E-state index is 13.8. The molecule has 0 spiro atoms. The number of carbonyl (C=O) groups excluding carboxylic acids is 2. The molecule has 7 heteroatoms. The van der Waals surface area contributed by atoms with Gasteiger partial charge in [-0.3, -0.25) is 9.59 Å². The quantitative estimate of drug-likeness (QED) is 0.696. The highest BCUT2D eigenvalue weighted by molar-refractivity contribution is 5.88. The van der Waals surface area contributed by atoms with Gasteiger partial charge in [0.05, 0.1) is 14.2 Å². The smallest absolute Gasteiger partial charge is 0.242 e. The predicted molar refractivity (Wildman–Crippen MR) is 126 cm³/mol. The van der Waals surface area contributed by atoms with Crippen molar-refractivity contribution in [1.82, 2.24) is 14.8 Å². The summed E-state index contributed by atoms with van der Waals surface area (Å²) >= 11 is 0. The zero-order valence-electron chi connectivity index (χ0n) is 19.9. The molecule has 0 bridgehead atoms. The van der Waals surface area contributed by atoms with E-state index in [-0.39, 0.29) is 17.2 Å². The minimum Gasteiger partial charge on any atom is -0.493 e. The first-order chi connectivity index (χ1) is 16.0. The van der Waals surface area contributed by atoms with E-state index in [0.29, 0.717) is 30.9 Å². The lowest BCUT2D eigenvalue weighted by atomic mass is 9.71. The molecule has 2 aliphatic rings. The van der Waals surface area contributed by atoms with Crippen molar-refractivity contribution in [3.05, 3.63) is 47.8 Å². The highest BCUT2D eigenvalue weighted by Gasteiger charge is 2.40. The summed E-state index contributed by atoms with van der Waals surface area (Å²) in [6, 6.07) is 7.40. The summed E-state index contributed by atoms with van der Waals surface area (Å²) in [4.78, 5) is 28.4. The van der Waals surface area contributed by atoms with E-state index >= 15 is 0 Å². The normalized spacial score (nSPS) is 19.5. The van der Waals surface area contributed by atoms with Crippen LogP contribution in [0.2, 0.25) is 0 Å². The lowest BCUT2D eigenvalue weighted by molar-refractivity contribution is -0.144. The Morgan fingerprint density at radius 1 is 1.03 bits per heavy atom. The first-order valence-electron chi connectivity index (χ1n) is 11.8. The fourth-order valence-electron chi connectivity index (χ4n) is 5.55. The molecule has 1 atom stereocenters. The highest BCUT2D eigenvalue weighted by atomic mass is 16.5. The summed E-state index contributed by atoms with van der Waals surface area (Å²) < 4.78 is 13.1. The SMILES string of the molecule is CNC(=O)[C@@H]1Cc2cc(OC)c(OC)cc2CN1C(=O)CC1(Cn2cccc2)CCCCC1. The largest absolute Gasteiger partial charge is 0.493 e. The van der Waals surface area contributed by atoms with Gasteiger partial charge in [-0.2, -0.15) is 0 Å². The fraction of sp³-hybridized carbons (Fsp3) is 0.538. The molecule has 2 aromatic rings. The maximum absolute atomic E-state index is 13.8. The molecule has 1 aliphatic heterocycles. The number of fused-ring (bicyclic) bond motifs is 1. The van der Waals surface area contributed by atoms with Crippen LogP contribution in [0.4, 0.5) is 0 Å². The second-order valence-corrected chi connectivity index (χ2v) is 9.42. The number of nitrogens with one attached hydrogen (secondary N) is 1. The molecular formula is C26H35N3O4. The van der Waals surface area contributed by atoms with E-state index in [1.54, 1.807) is 26.2 Å². The molecule has 2 heterocycles. The van der Waals surface area contributed by atoms with Gasteiger partial charge in [-0.05, 0) is 53.6 Å². The molecule has 1 fully saturated rings. The number of carbonyl (C=O) groups is 2. The van der Waals surface area contributed by atoms with Gasteiger partial charge in [0.1, 0.15) is 6.04 Å². The molecule has 1 N–H and O–H groups in total. The van der Waals surface area contributed by atoms with Crippen molar-refractivity contribution in [2.75, 3.05) is 21.3 Å². The molecule has 178 valence electrons. The lowest BCUT2D eigenvalue weighted by Gasteiger charge is -2.41. The Morgan fingerprint density at radius 2 is 1.67 bits per heavy atom. The Morgan fingerprint density at radius 3 is 2.27 bits per heavy atom. The summed E-state index contributed by atoms with van der Waals surface area (Å²) in [6.07, 6.45) is 10.7. The summed E-state index contributed by atoms with van der Waals surface area (Å²) in [5.41, 5.74) is 1.95. The van der Waals surface area contributed by atoms with Crippen molar-refractivity contribution < 1.29 is 19.1 Å². The Labute approximate surface area is 196 Å². The van der Waals surface area contributed by atoms with Crippen LogP contribution < -0.4 is 14.8 Å². The van der Waals surface area contributed by atoms with Crippen LogP contribution >= 0.6 is 0 Å². The number of methoxy groups -OCH3 is 2. The third kappa shape index (κ3) is 4.87. The van der Waals surface area contributed by atoms with Gasteiger partial charge in [0.25, 0.3) is 0 Å². The molecule has 7 nitrogen and oxygen atoms in total. The van der Waals surface area contributed by atoms with Crippen molar-refractivity contribution in [3.8, 4) is 11.5 Å². The Hall–Kier alpha value is -2.96. The van der Waals surface area contributed by atoms with Gasteiger partial charge < -0.3 is 24.3 Å². The van der Waals surface area contributed by atoms with Crippen LogP contribution in [0, 0.1) is 5.41 Å². The summed E-state index contributed by atoms with van der Waals surface area (Å²) in [5, 5.41) is 2.76. The molecule has 0 unspecified atom stereocenters. The van der Waals surface area contributed by atoms with Crippen LogP contribution in [0.25, 0.3) is 0 Å². The zero-order chi connectivity index (χ0) is 23.4. The molecule has 1 aromatic carbocycles. The molecule has 33 heavy (non-hydrogen) atoms. The highest BCUT2D eigenvalue weighted by Crippen LogP contribution is 2.42. The molecule has 4 rings (SSSR count). The van der Waals surface area contributed by atoms with E-state index in [1.165, 1.54) is 6.42 Å². The van der Waals surface area contributed by atoms with Gasteiger partial charge in [0.15, 0.2) is 11.5 Å². The minimum atomic E-state index is -0.527. The third-order valence-corrected chi connectivity index (χ3v) is 7.33. The molecule has 1 aliphatic carbocycles. The van der Waals surface area contributed by atoms with E-state index < -0.39 is 6.04 Å². The Bertz CT molecular complexity index is 980. The van der Waals surface area contributed by atoms with Crippen molar-refractivity contribution >= 4 is 11.8 Å². The minimum absolute atomic E-state index is 0.0538. The van der Waals surface area contributed by atoms with E-state index in [0.717, 1.165) is 43.4 Å². The first-order valence-corrected chi connectivity index (χ1v) is 11.8. The lowest BCUT2D eigenvalue weighted by Crippen LogP contribution is -2.53. The third-order valence-electron chi connectivity index (χ3n) is 7.33. The van der Waals surface area contributed by atoms with Crippen LogP contribution in [-0.2, 0) is 29.1 Å². The fourth-order valence-corrected chi connectivity index (χ4v) is 5.55. The van der Waals surface area contributed by atoms with E-state index in [9.17, 15) is 9.59 Å². The van der Waals surface area contributed by atoms with Crippen molar-refractivity contribution in [2.45, 2.75) is 64.1 Å². The molecule has 2 amide bonds. The second kappa shape index (κ2) is 9.89. The van der Waals surface area contributed by atoms with E-state index in [1.807, 2.05) is 24.3 Å². The van der Waals surface area contributed by atoms with Crippen molar-refractivity contribution in [1.29, 1.82) is 0 Å². The molecule has 1 aromatic heterocycles. The van der Waals surface area contributed by atoms with Gasteiger partial charge in [-0.15, -0.1) is 0 Å². The zero-order valence-corrected chi connectivity index (χ0v) is 19.9. The number of likely N-dealkylation sites (N-methyl/N-ethyl adjacent to an activating group) is 1. The number of aromatic nitrogens is 1. The topological polar surface area (TPSA) is 72.8 Å². The standard InChI is InChI=1S/C26H35N3O4/c1-27-25(31)21-13-19-14-22(32-2)23(33-3)15-20(19)17-29(21)24(30)16-26(9-5-4-6-10-26)18-28-11-7-8-12-28/h7-8,11-12,14-15,21H,4-6,9-10,13,16-18H2,1-3H3,(H,27,31)/t21-/m0/s1. The van der Waals surface area contributed by atoms with Crippen LogP contribution in [0.3, 0.4) is 0 Å². The van der Waals surface area contributed by atoms with Gasteiger partial charge in [-0.1, -0.05) is 19.3 Å². The van der Waals surface area contributed by atoms with E-state index in [4.69, 9.17) is 9.47 Å². The number of ether oxygens (including phenoxy) is 2. The van der Waals surface area contributed by atoms with Crippen LogP contribution in [0.1, 0.15) is 49.7 Å². The van der Waals surface area contributed by atoms with E-state index in [2.05, 4.69) is 22.3 Å². The number of amides is 2. The maximum Gasteiger partial charge on any atom is 0.242 e. The first kappa shape index (κ1) is 23.2. The van der Waals surface area contributed by atoms with Gasteiger partial charge in [0.2, 0.25) is 11.8 Å². The van der Waals surface area contributed by atoms with Crippen LogP contribution in [-0.4, -0.2) is 48.6 Å². The predicted octanol–water partition coefficient (Wildman–Crippen LogP) is 3.55. The summed E-state index contributed by atoms with van der Waals surface area (Å²) in [7, 11) is 4.84. The van der Waals surface area contributed by atoms with Gasteiger partial charge in [0, 0.05) is 45.4 Å². The molecule has 0 radical (unpaired) electrons. The molecule has 1 saturated carbocycles. The average Bonchev–Trinajstić information content (AvgIpc) is 3.34. The van der Waals surface area contributed by atoms with Crippen molar-refractivity contribution in [3.63, 3.8) is 0 Å². The number of hydrogen-bond donors (Lipinski definition) is 1. The summed E-state index contributed by atoms with van der Waals surface area (Å²) in [5.74, 6) is 1.20. The Balaban J connectivity index is 1.62. The summed E-state index contributed by atoms with van der Waals surface area (Å²) in [6.45, 7) is 1.23. The van der Waals surface area contributed by atoms with Crippen molar-refractivity contribution in [2.24, 2.45) is 5.41 Å². The van der Waals surface area contributed by atoms with Gasteiger partial charge >= 0.3 is 0 Å². The monoisotopic (exact) mass is 453 g/mol. The molecule has 0 saturated heterocycles. The average molecular weight is 454 g/mol.